The van der Waals surface area contributed by atoms with Crippen molar-refractivity contribution < 1.29 is 4.74 Å². The Labute approximate surface area is 91.4 Å². The van der Waals surface area contributed by atoms with Crippen LogP contribution in [0.2, 0.25) is 0 Å². The van der Waals surface area contributed by atoms with Crippen LogP contribution in [0, 0.1) is 0 Å². The fraction of sp³-hybridized carbons (Fsp3) is 0.727. The van der Waals surface area contributed by atoms with Crippen molar-refractivity contribution in [3.8, 4) is 0 Å². The molecule has 0 aliphatic carbocycles. The molecule has 0 radical (unpaired) electrons. The lowest BCUT2D eigenvalue weighted by Gasteiger charge is -2.22. The van der Waals surface area contributed by atoms with Gasteiger partial charge in [-0.15, -0.1) is 0 Å². The minimum atomic E-state index is -0.345. The number of nitrogens with two attached hydrogens (primary N) is 1. The van der Waals surface area contributed by atoms with Gasteiger partial charge < -0.3 is 10.5 Å². The van der Waals surface area contributed by atoms with E-state index in [1.807, 2.05) is 24.0 Å². The summed E-state index contributed by atoms with van der Waals surface area (Å²) in [6.07, 6.45) is 5.77. The minimum Gasteiger partial charge on any atom is -0.385 e. The number of methoxy groups -OCH3 is 1. The lowest BCUT2D eigenvalue weighted by atomic mass is 9.93. The molecule has 0 fully saturated rings. The topological polar surface area (TPSA) is 53.1 Å². The molecule has 0 amide bonds. The second-order valence-corrected chi connectivity index (χ2v) is 4.15. The summed E-state index contributed by atoms with van der Waals surface area (Å²) in [5.41, 5.74) is 6.93. The van der Waals surface area contributed by atoms with Gasteiger partial charge >= 0.3 is 0 Å². The Morgan fingerprint density at radius 1 is 1.60 bits per heavy atom. The van der Waals surface area contributed by atoms with Gasteiger partial charge in [-0.2, -0.15) is 5.10 Å². The van der Waals surface area contributed by atoms with Gasteiger partial charge in [-0.3, -0.25) is 4.68 Å². The summed E-state index contributed by atoms with van der Waals surface area (Å²) < 4.78 is 6.98. The molecule has 4 heteroatoms. The molecular formula is C11H21N3O. The van der Waals surface area contributed by atoms with Crippen LogP contribution >= 0.6 is 0 Å². The van der Waals surface area contributed by atoms with Crippen molar-refractivity contribution in [2.24, 2.45) is 5.73 Å². The van der Waals surface area contributed by atoms with Gasteiger partial charge in [0.05, 0.1) is 6.20 Å². The number of hydrogen-bond donors (Lipinski definition) is 1. The van der Waals surface area contributed by atoms with E-state index in [-0.39, 0.29) is 5.54 Å². The van der Waals surface area contributed by atoms with E-state index in [9.17, 15) is 0 Å². The quantitative estimate of drug-likeness (QED) is 0.776. The van der Waals surface area contributed by atoms with Crippen molar-refractivity contribution in [3.05, 3.63) is 18.0 Å². The number of nitrogens with zero attached hydrogens (tertiary/aromatic N) is 2. The Morgan fingerprint density at radius 3 is 2.93 bits per heavy atom. The molecule has 1 aromatic rings. The van der Waals surface area contributed by atoms with Crippen LogP contribution in [-0.2, 0) is 16.8 Å². The molecule has 0 saturated carbocycles. The monoisotopic (exact) mass is 211 g/mol. The van der Waals surface area contributed by atoms with Crippen LogP contribution < -0.4 is 5.73 Å². The highest BCUT2D eigenvalue weighted by atomic mass is 16.5. The SMILES string of the molecule is CCCn1cc(C(C)(N)CCOC)cn1. The van der Waals surface area contributed by atoms with E-state index in [2.05, 4.69) is 12.0 Å². The number of hydrogen-bond acceptors (Lipinski definition) is 3. The molecule has 0 saturated heterocycles. The second kappa shape index (κ2) is 5.28. The van der Waals surface area contributed by atoms with E-state index in [0.29, 0.717) is 6.61 Å². The summed E-state index contributed by atoms with van der Waals surface area (Å²) in [6, 6.07) is 0. The first-order chi connectivity index (χ1) is 7.10. The van der Waals surface area contributed by atoms with Crippen LogP contribution in [0.1, 0.15) is 32.3 Å². The van der Waals surface area contributed by atoms with Gasteiger partial charge in [-0.05, 0) is 19.8 Å². The zero-order valence-corrected chi connectivity index (χ0v) is 9.86. The highest BCUT2D eigenvalue weighted by Gasteiger charge is 2.22. The smallest absolute Gasteiger partial charge is 0.0540 e. The van der Waals surface area contributed by atoms with Crippen LogP contribution in [0.5, 0.6) is 0 Å². The predicted molar refractivity (Wildman–Crippen MR) is 60.6 cm³/mol. The molecule has 1 atom stereocenters. The number of aryl methyl sites for hydroxylation is 1. The third-order valence-electron chi connectivity index (χ3n) is 2.57. The average Bonchev–Trinajstić information content (AvgIpc) is 2.65. The van der Waals surface area contributed by atoms with Gasteiger partial charge in [-0.25, -0.2) is 0 Å². The van der Waals surface area contributed by atoms with E-state index in [1.54, 1.807) is 7.11 Å². The van der Waals surface area contributed by atoms with Crippen LogP contribution in [0.3, 0.4) is 0 Å². The van der Waals surface area contributed by atoms with Crippen molar-refractivity contribution >= 4 is 0 Å². The highest BCUT2D eigenvalue weighted by Crippen LogP contribution is 2.20. The first-order valence-electron chi connectivity index (χ1n) is 5.41. The van der Waals surface area contributed by atoms with Crippen molar-refractivity contribution in [3.63, 3.8) is 0 Å². The van der Waals surface area contributed by atoms with Crippen LogP contribution in [0.4, 0.5) is 0 Å². The van der Waals surface area contributed by atoms with Gasteiger partial charge in [0.1, 0.15) is 0 Å². The predicted octanol–water partition coefficient (Wildman–Crippen LogP) is 1.50. The van der Waals surface area contributed by atoms with E-state index in [4.69, 9.17) is 10.5 Å². The Balaban J connectivity index is 2.67. The third-order valence-corrected chi connectivity index (χ3v) is 2.57. The van der Waals surface area contributed by atoms with Crippen LogP contribution in [0.25, 0.3) is 0 Å². The molecule has 0 aliphatic rings. The first-order valence-corrected chi connectivity index (χ1v) is 5.41. The largest absolute Gasteiger partial charge is 0.385 e. The summed E-state index contributed by atoms with van der Waals surface area (Å²) in [5, 5.41) is 4.28. The summed E-state index contributed by atoms with van der Waals surface area (Å²) in [7, 11) is 1.69. The Bertz CT molecular complexity index is 294. The molecule has 0 aliphatic heterocycles. The molecule has 0 aromatic carbocycles. The summed E-state index contributed by atoms with van der Waals surface area (Å²) >= 11 is 0. The molecular weight excluding hydrogens is 190 g/mol. The van der Waals surface area contributed by atoms with Gasteiger partial charge in [0.2, 0.25) is 0 Å². The summed E-state index contributed by atoms with van der Waals surface area (Å²) in [4.78, 5) is 0. The molecule has 86 valence electrons. The van der Waals surface area contributed by atoms with E-state index in [1.165, 1.54) is 0 Å². The fourth-order valence-corrected chi connectivity index (χ4v) is 1.47. The van der Waals surface area contributed by atoms with Gasteiger partial charge in [0, 0.05) is 37.6 Å². The Hall–Kier alpha value is -0.870. The lowest BCUT2D eigenvalue weighted by molar-refractivity contribution is 0.172. The van der Waals surface area contributed by atoms with Crippen molar-refractivity contribution in [2.75, 3.05) is 13.7 Å². The second-order valence-electron chi connectivity index (χ2n) is 4.15. The number of rotatable bonds is 6. The molecule has 1 rings (SSSR count). The minimum absolute atomic E-state index is 0.345. The zero-order valence-electron chi connectivity index (χ0n) is 9.86. The van der Waals surface area contributed by atoms with E-state index >= 15 is 0 Å². The fourth-order valence-electron chi connectivity index (χ4n) is 1.47. The maximum Gasteiger partial charge on any atom is 0.0540 e. The highest BCUT2D eigenvalue weighted by molar-refractivity contribution is 5.15. The van der Waals surface area contributed by atoms with Crippen LogP contribution in [-0.4, -0.2) is 23.5 Å². The van der Waals surface area contributed by atoms with E-state index < -0.39 is 0 Å². The molecule has 0 spiro atoms. The maximum atomic E-state index is 6.20. The average molecular weight is 211 g/mol. The Kier molecular flexibility index (Phi) is 4.29. The first kappa shape index (κ1) is 12.2. The standard InChI is InChI=1S/C11H21N3O/c1-4-6-14-9-10(8-13-14)11(2,12)5-7-15-3/h8-9H,4-7,12H2,1-3H3. The van der Waals surface area contributed by atoms with Crippen molar-refractivity contribution in [1.82, 2.24) is 9.78 Å². The molecule has 2 N–H and O–H groups in total. The normalized spacial score (nSPS) is 15.2. The van der Waals surface area contributed by atoms with Crippen LogP contribution in [0.15, 0.2) is 12.4 Å². The Morgan fingerprint density at radius 2 is 2.33 bits per heavy atom. The van der Waals surface area contributed by atoms with Crippen molar-refractivity contribution in [2.45, 2.75) is 38.8 Å². The van der Waals surface area contributed by atoms with Crippen molar-refractivity contribution in [1.29, 1.82) is 0 Å². The van der Waals surface area contributed by atoms with Gasteiger partial charge in [0.15, 0.2) is 0 Å². The molecule has 0 bridgehead atoms. The zero-order chi connectivity index (χ0) is 11.3. The molecule has 1 heterocycles. The maximum absolute atomic E-state index is 6.20. The summed E-state index contributed by atoms with van der Waals surface area (Å²) in [5.74, 6) is 0. The molecule has 4 nitrogen and oxygen atoms in total. The number of aromatic nitrogens is 2. The van der Waals surface area contributed by atoms with Gasteiger partial charge in [0.25, 0.3) is 0 Å². The third kappa shape index (κ3) is 3.32. The number of ether oxygens (including phenoxy) is 1. The molecule has 1 aromatic heterocycles. The molecule has 1 unspecified atom stereocenters. The van der Waals surface area contributed by atoms with Gasteiger partial charge in [-0.1, -0.05) is 6.92 Å². The molecule has 15 heavy (non-hydrogen) atoms. The van der Waals surface area contributed by atoms with E-state index in [0.717, 1.165) is 24.9 Å². The summed E-state index contributed by atoms with van der Waals surface area (Å²) in [6.45, 7) is 5.76. The lowest BCUT2D eigenvalue weighted by Crippen LogP contribution is -2.33.